The molecule has 0 aromatic heterocycles. The van der Waals surface area contributed by atoms with Crippen molar-refractivity contribution >= 4 is 38.6 Å². The van der Waals surface area contributed by atoms with Gasteiger partial charge in [-0.05, 0) is 24.3 Å². The Kier molecular flexibility index (Phi) is 5.47. The van der Waals surface area contributed by atoms with Crippen LogP contribution in [0.3, 0.4) is 0 Å². The number of carbonyl (C=O) groups is 1. The number of hydrogen-bond acceptors (Lipinski definition) is 4. The lowest BCUT2D eigenvalue weighted by molar-refractivity contribution is -0.139. The molecule has 0 spiro atoms. The highest BCUT2D eigenvalue weighted by Crippen LogP contribution is 2.10. The van der Waals surface area contributed by atoms with E-state index in [1.165, 1.54) is 7.11 Å². The summed E-state index contributed by atoms with van der Waals surface area (Å²) >= 11 is 1.77. The Morgan fingerprint density at radius 3 is 2.50 bits per heavy atom. The molecule has 0 radical (unpaired) electrons. The van der Waals surface area contributed by atoms with Crippen LogP contribution in [0.2, 0.25) is 0 Å². The quantitative estimate of drug-likeness (QED) is 0.466. The van der Waals surface area contributed by atoms with E-state index in [4.69, 9.17) is 0 Å². The summed E-state index contributed by atoms with van der Waals surface area (Å²) in [6, 6.07) is 4.41. The molecule has 0 aliphatic rings. The van der Waals surface area contributed by atoms with E-state index in [0.29, 0.717) is 0 Å². The molecule has 1 N–H and O–H groups in total. The van der Waals surface area contributed by atoms with Gasteiger partial charge in [0.2, 0.25) is 10.0 Å². The van der Waals surface area contributed by atoms with Gasteiger partial charge in [-0.2, -0.15) is 0 Å². The van der Waals surface area contributed by atoms with E-state index in [1.54, 1.807) is 22.6 Å². The first-order chi connectivity index (χ1) is 8.36. The zero-order valence-electron chi connectivity index (χ0n) is 9.39. The van der Waals surface area contributed by atoms with Crippen LogP contribution in [-0.2, 0) is 19.6 Å². The SMILES string of the molecule is COC(=O)C(I)CNS(=O)(=O)c1ccc(F)cc1. The highest BCUT2D eigenvalue weighted by Gasteiger charge is 2.20. The maximum absolute atomic E-state index is 12.7. The third-order valence-electron chi connectivity index (χ3n) is 2.03. The van der Waals surface area contributed by atoms with Crippen molar-refractivity contribution in [3.05, 3.63) is 30.1 Å². The maximum atomic E-state index is 12.7. The van der Waals surface area contributed by atoms with Crippen molar-refractivity contribution in [1.29, 1.82) is 0 Å². The molecule has 1 atom stereocenters. The zero-order valence-corrected chi connectivity index (χ0v) is 12.4. The Balaban J connectivity index is 2.71. The summed E-state index contributed by atoms with van der Waals surface area (Å²) in [4.78, 5) is 11.0. The predicted molar refractivity (Wildman–Crippen MR) is 71.4 cm³/mol. The molecule has 100 valence electrons. The molecule has 1 rings (SSSR count). The molecule has 8 heteroatoms. The Labute approximate surface area is 118 Å². The number of carbonyl (C=O) groups excluding carboxylic acids is 1. The summed E-state index contributed by atoms with van der Waals surface area (Å²) in [5, 5.41) is 0. The standard InChI is InChI=1S/C10H11FINO4S/c1-17-10(14)9(12)6-13-18(15,16)8-4-2-7(11)3-5-8/h2-5,9,13H,6H2,1H3. The van der Waals surface area contributed by atoms with E-state index >= 15 is 0 Å². The van der Waals surface area contributed by atoms with Gasteiger partial charge in [-0.15, -0.1) is 0 Å². The first-order valence-corrected chi connectivity index (χ1v) is 7.57. The van der Waals surface area contributed by atoms with Gasteiger partial charge in [-0.3, -0.25) is 4.79 Å². The van der Waals surface area contributed by atoms with Crippen LogP contribution in [-0.4, -0.2) is 32.0 Å². The number of esters is 1. The molecular weight excluding hydrogens is 376 g/mol. The molecule has 0 fully saturated rings. The summed E-state index contributed by atoms with van der Waals surface area (Å²) in [5.41, 5.74) is 0. The van der Waals surface area contributed by atoms with E-state index in [2.05, 4.69) is 9.46 Å². The molecule has 1 unspecified atom stereocenters. The average molecular weight is 387 g/mol. The summed E-state index contributed by atoms with van der Waals surface area (Å²) in [7, 11) is -2.52. The summed E-state index contributed by atoms with van der Waals surface area (Å²) in [6.45, 7) is -0.0903. The zero-order chi connectivity index (χ0) is 13.8. The van der Waals surface area contributed by atoms with Gasteiger partial charge in [0.25, 0.3) is 0 Å². The fourth-order valence-electron chi connectivity index (χ4n) is 1.09. The van der Waals surface area contributed by atoms with Crippen LogP contribution in [0.1, 0.15) is 0 Å². The summed E-state index contributed by atoms with van der Waals surface area (Å²) < 4.78 is 42.3. The summed E-state index contributed by atoms with van der Waals surface area (Å²) in [6.07, 6.45) is 0. The summed E-state index contributed by atoms with van der Waals surface area (Å²) in [5.74, 6) is -1.03. The highest BCUT2D eigenvalue weighted by atomic mass is 127. The minimum Gasteiger partial charge on any atom is -0.468 e. The number of halogens is 2. The van der Waals surface area contributed by atoms with Gasteiger partial charge in [-0.1, -0.05) is 22.6 Å². The minimum atomic E-state index is -3.74. The normalized spacial score (nSPS) is 13.1. The topological polar surface area (TPSA) is 72.5 Å². The number of alkyl halides is 1. The van der Waals surface area contributed by atoms with Gasteiger partial charge in [0, 0.05) is 6.54 Å². The van der Waals surface area contributed by atoms with Gasteiger partial charge in [0.15, 0.2) is 0 Å². The third kappa shape index (κ3) is 4.18. The van der Waals surface area contributed by atoms with Crippen LogP contribution in [0.4, 0.5) is 4.39 Å². The second-order valence-corrected chi connectivity index (χ2v) is 6.57. The van der Waals surface area contributed by atoms with E-state index in [9.17, 15) is 17.6 Å². The first-order valence-electron chi connectivity index (χ1n) is 4.84. The molecule has 0 amide bonds. The number of nitrogens with one attached hydrogen (secondary N) is 1. The second kappa shape index (κ2) is 6.43. The van der Waals surface area contributed by atoms with Crippen molar-refractivity contribution < 1.29 is 22.3 Å². The van der Waals surface area contributed by atoms with Crippen LogP contribution in [0, 0.1) is 5.82 Å². The molecule has 5 nitrogen and oxygen atoms in total. The van der Waals surface area contributed by atoms with Crippen LogP contribution in [0.15, 0.2) is 29.2 Å². The van der Waals surface area contributed by atoms with Crippen LogP contribution >= 0.6 is 22.6 Å². The molecule has 0 aliphatic heterocycles. The lowest BCUT2D eigenvalue weighted by Gasteiger charge is -2.09. The van der Waals surface area contributed by atoms with Crippen molar-refractivity contribution in [1.82, 2.24) is 4.72 Å². The van der Waals surface area contributed by atoms with Gasteiger partial charge < -0.3 is 4.74 Å². The fraction of sp³-hybridized carbons (Fsp3) is 0.300. The monoisotopic (exact) mass is 387 g/mol. The van der Waals surface area contributed by atoms with Crippen molar-refractivity contribution in [2.75, 3.05) is 13.7 Å². The number of ether oxygens (including phenoxy) is 1. The van der Waals surface area contributed by atoms with Gasteiger partial charge >= 0.3 is 5.97 Å². The van der Waals surface area contributed by atoms with Gasteiger partial charge in [0.1, 0.15) is 9.74 Å². The van der Waals surface area contributed by atoms with E-state index in [0.717, 1.165) is 24.3 Å². The Morgan fingerprint density at radius 2 is 2.00 bits per heavy atom. The number of methoxy groups -OCH3 is 1. The minimum absolute atomic E-state index is 0.0580. The number of rotatable bonds is 5. The largest absolute Gasteiger partial charge is 0.468 e. The van der Waals surface area contributed by atoms with E-state index in [1.807, 2.05) is 0 Å². The lowest BCUT2D eigenvalue weighted by Crippen LogP contribution is -2.33. The Hall–Kier alpha value is -0.740. The third-order valence-corrected chi connectivity index (χ3v) is 4.42. The molecule has 0 saturated carbocycles. The molecule has 0 saturated heterocycles. The second-order valence-electron chi connectivity index (χ2n) is 3.30. The molecule has 1 aromatic carbocycles. The molecule has 0 heterocycles. The van der Waals surface area contributed by atoms with E-state index < -0.39 is 25.7 Å². The smallest absolute Gasteiger partial charge is 0.319 e. The Bertz CT molecular complexity index is 517. The number of hydrogen-bond donors (Lipinski definition) is 1. The van der Waals surface area contributed by atoms with Crippen molar-refractivity contribution in [2.24, 2.45) is 0 Å². The molecular formula is C10H11FINO4S. The highest BCUT2D eigenvalue weighted by molar-refractivity contribution is 14.1. The van der Waals surface area contributed by atoms with Crippen LogP contribution in [0.25, 0.3) is 0 Å². The van der Waals surface area contributed by atoms with Crippen molar-refractivity contribution in [3.63, 3.8) is 0 Å². The molecule has 0 bridgehead atoms. The van der Waals surface area contributed by atoms with Crippen molar-refractivity contribution in [2.45, 2.75) is 8.82 Å². The maximum Gasteiger partial charge on any atom is 0.319 e. The van der Waals surface area contributed by atoms with Crippen LogP contribution in [0.5, 0.6) is 0 Å². The van der Waals surface area contributed by atoms with Crippen LogP contribution < -0.4 is 4.72 Å². The molecule has 1 aromatic rings. The first kappa shape index (κ1) is 15.3. The molecule has 0 aliphatic carbocycles. The number of sulfonamides is 1. The molecule has 18 heavy (non-hydrogen) atoms. The van der Waals surface area contributed by atoms with E-state index in [-0.39, 0.29) is 11.4 Å². The lowest BCUT2D eigenvalue weighted by atomic mass is 10.4. The Morgan fingerprint density at radius 1 is 1.44 bits per heavy atom. The van der Waals surface area contributed by atoms with Gasteiger partial charge in [-0.25, -0.2) is 17.5 Å². The fourth-order valence-corrected chi connectivity index (χ4v) is 2.91. The predicted octanol–water partition coefficient (Wildman–Crippen LogP) is 1.08. The van der Waals surface area contributed by atoms with Crippen molar-refractivity contribution in [3.8, 4) is 0 Å². The number of benzene rings is 1. The van der Waals surface area contributed by atoms with Gasteiger partial charge in [0.05, 0.1) is 12.0 Å². The average Bonchev–Trinajstić information content (AvgIpc) is 2.35.